The summed E-state index contributed by atoms with van der Waals surface area (Å²) in [4.78, 5) is 35.0. The van der Waals surface area contributed by atoms with Gasteiger partial charge in [0.15, 0.2) is 0 Å². The van der Waals surface area contributed by atoms with Crippen molar-refractivity contribution in [2.75, 3.05) is 13.1 Å². The Bertz CT molecular complexity index is 795. The van der Waals surface area contributed by atoms with Crippen LogP contribution in [0.5, 0.6) is 0 Å². The second-order valence-corrected chi connectivity index (χ2v) is 5.67. The summed E-state index contributed by atoms with van der Waals surface area (Å²) in [7, 11) is 0. The van der Waals surface area contributed by atoms with Gasteiger partial charge in [-0.2, -0.15) is 0 Å². The SMILES string of the molecule is Cc1cccc(C(=O)NCCNC(=O)c2c(C)coc2CC(=O)O)c1. The summed E-state index contributed by atoms with van der Waals surface area (Å²) in [5.41, 5.74) is 2.34. The molecular formula is C18H20N2O5. The van der Waals surface area contributed by atoms with E-state index in [-0.39, 0.29) is 36.7 Å². The van der Waals surface area contributed by atoms with E-state index in [1.165, 1.54) is 6.26 Å². The van der Waals surface area contributed by atoms with E-state index < -0.39 is 11.9 Å². The maximum Gasteiger partial charge on any atom is 0.311 e. The molecule has 0 atom stereocenters. The lowest BCUT2D eigenvalue weighted by Crippen LogP contribution is -2.35. The summed E-state index contributed by atoms with van der Waals surface area (Å²) < 4.78 is 5.13. The molecule has 0 aliphatic heterocycles. The third kappa shape index (κ3) is 4.94. The quantitative estimate of drug-likeness (QED) is 0.662. The Labute approximate surface area is 145 Å². The van der Waals surface area contributed by atoms with Crippen molar-refractivity contribution in [2.24, 2.45) is 0 Å². The van der Waals surface area contributed by atoms with Crippen molar-refractivity contribution in [1.82, 2.24) is 10.6 Å². The predicted octanol–water partition coefficient (Wildman–Crippen LogP) is 1.68. The molecule has 0 aliphatic rings. The predicted molar refractivity (Wildman–Crippen MR) is 90.6 cm³/mol. The number of carboxylic acids is 1. The highest BCUT2D eigenvalue weighted by molar-refractivity contribution is 5.97. The van der Waals surface area contributed by atoms with Gasteiger partial charge in [-0.1, -0.05) is 17.7 Å². The minimum absolute atomic E-state index is 0.117. The fourth-order valence-electron chi connectivity index (χ4n) is 2.40. The summed E-state index contributed by atoms with van der Waals surface area (Å²) in [6, 6.07) is 7.20. The highest BCUT2D eigenvalue weighted by atomic mass is 16.4. The molecule has 3 N–H and O–H groups in total. The highest BCUT2D eigenvalue weighted by Crippen LogP contribution is 2.17. The van der Waals surface area contributed by atoms with E-state index in [2.05, 4.69) is 10.6 Å². The number of hydrogen-bond acceptors (Lipinski definition) is 4. The molecule has 0 aliphatic carbocycles. The molecule has 7 nitrogen and oxygen atoms in total. The number of benzene rings is 1. The van der Waals surface area contributed by atoms with Crippen molar-refractivity contribution in [2.45, 2.75) is 20.3 Å². The van der Waals surface area contributed by atoms with Crippen molar-refractivity contribution in [3.8, 4) is 0 Å². The van der Waals surface area contributed by atoms with Gasteiger partial charge in [0.2, 0.25) is 0 Å². The van der Waals surface area contributed by atoms with Crippen LogP contribution in [0.1, 0.15) is 37.6 Å². The van der Waals surface area contributed by atoms with E-state index in [0.717, 1.165) is 5.56 Å². The number of aliphatic carboxylic acids is 1. The second-order valence-electron chi connectivity index (χ2n) is 5.67. The van der Waals surface area contributed by atoms with Gasteiger partial charge in [-0.15, -0.1) is 0 Å². The highest BCUT2D eigenvalue weighted by Gasteiger charge is 2.20. The average Bonchev–Trinajstić information content (AvgIpc) is 2.91. The largest absolute Gasteiger partial charge is 0.481 e. The van der Waals surface area contributed by atoms with Gasteiger partial charge in [0, 0.05) is 24.2 Å². The van der Waals surface area contributed by atoms with E-state index >= 15 is 0 Å². The molecule has 0 saturated heterocycles. The molecule has 2 rings (SSSR count). The first-order chi connectivity index (χ1) is 11.9. The monoisotopic (exact) mass is 344 g/mol. The minimum Gasteiger partial charge on any atom is -0.481 e. The van der Waals surface area contributed by atoms with E-state index in [4.69, 9.17) is 9.52 Å². The number of nitrogens with one attached hydrogen (secondary N) is 2. The van der Waals surface area contributed by atoms with Crippen LogP contribution in [-0.2, 0) is 11.2 Å². The lowest BCUT2D eigenvalue weighted by atomic mass is 10.1. The summed E-state index contributed by atoms with van der Waals surface area (Å²) in [6.07, 6.45) is 0.993. The van der Waals surface area contributed by atoms with E-state index in [9.17, 15) is 14.4 Å². The van der Waals surface area contributed by atoms with E-state index in [1.54, 1.807) is 25.1 Å². The van der Waals surface area contributed by atoms with Gasteiger partial charge in [-0.3, -0.25) is 14.4 Å². The smallest absolute Gasteiger partial charge is 0.311 e. The Morgan fingerprint density at radius 1 is 1.08 bits per heavy atom. The van der Waals surface area contributed by atoms with Crippen LogP contribution in [0.2, 0.25) is 0 Å². The van der Waals surface area contributed by atoms with Gasteiger partial charge < -0.3 is 20.2 Å². The van der Waals surface area contributed by atoms with Crippen molar-refractivity contribution in [1.29, 1.82) is 0 Å². The van der Waals surface area contributed by atoms with Crippen LogP contribution in [0.15, 0.2) is 34.9 Å². The molecule has 1 heterocycles. The molecule has 0 radical (unpaired) electrons. The van der Waals surface area contributed by atoms with Crippen LogP contribution in [-0.4, -0.2) is 36.0 Å². The molecular weight excluding hydrogens is 324 g/mol. The standard InChI is InChI=1S/C18H20N2O5/c1-11-4-3-5-13(8-11)17(23)19-6-7-20-18(24)16-12(2)10-25-14(16)9-15(21)22/h3-5,8,10H,6-7,9H2,1-2H3,(H,19,23)(H,20,24)(H,21,22). The van der Waals surface area contributed by atoms with Crippen LogP contribution < -0.4 is 10.6 Å². The normalized spacial score (nSPS) is 10.3. The Balaban J connectivity index is 1.86. The second kappa shape index (κ2) is 8.14. The summed E-state index contributed by atoms with van der Waals surface area (Å²) in [5, 5.41) is 14.2. The number of carbonyl (C=O) groups excluding carboxylic acids is 2. The maximum absolute atomic E-state index is 12.2. The third-order valence-corrected chi connectivity index (χ3v) is 3.57. The number of hydrogen-bond donors (Lipinski definition) is 3. The van der Waals surface area contributed by atoms with Crippen molar-refractivity contribution in [3.05, 3.63) is 58.5 Å². The minimum atomic E-state index is -1.08. The van der Waals surface area contributed by atoms with Crippen molar-refractivity contribution >= 4 is 17.8 Å². The Morgan fingerprint density at radius 3 is 2.40 bits per heavy atom. The topological polar surface area (TPSA) is 109 Å². The summed E-state index contributed by atoms with van der Waals surface area (Å²) in [6.45, 7) is 4.04. The van der Waals surface area contributed by atoms with Gasteiger partial charge >= 0.3 is 5.97 Å². The molecule has 2 amide bonds. The number of amides is 2. The third-order valence-electron chi connectivity index (χ3n) is 3.57. The van der Waals surface area contributed by atoms with Gasteiger partial charge in [0.05, 0.1) is 11.8 Å². The van der Waals surface area contributed by atoms with Crippen LogP contribution in [0.3, 0.4) is 0 Å². The molecule has 0 fully saturated rings. The molecule has 0 saturated carbocycles. The number of aryl methyl sites for hydroxylation is 2. The first-order valence-electron chi connectivity index (χ1n) is 7.80. The average molecular weight is 344 g/mol. The van der Waals surface area contributed by atoms with Gasteiger partial charge in [-0.05, 0) is 26.0 Å². The summed E-state index contributed by atoms with van der Waals surface area (Å²) >= 11 is 0. The molecule has 0 unspecified atom stereocenters. The molecule has 25 heavy (non-hydrogen) atoms. The molecule has 0 spiro atoms. The fraction of sp³-hybridized carbons (Fsp3) is 0.278. The Kier molecular flexibility index (Phi) is 5.94. The zero-order valence-electron chi connectivity index (χ0n) is 14.1. The fourth-order valence-corrected chi connectivity index (χ4v) is 2.40. The number of rotatable bonds is 7. The van der Waals surface area contributed by atoms with Crippen LogP contribution in [0.4, 0.5) is 0 Å². The molecule has 7 heteroatoms. The van der Waals surface area contributed by atoms with Gasteiger partial charge in [0.25, 0.3) is 11.8 Å². The molecule has 2 aromatic rings. The number of carboxylic acid groups (broad SMARTS) is 1. The molecule has 0 bridgehead atoms. The van der Waals surface area contributed by atoms with Gasteiger partial charge in [0.1, 0.15) is 12.2 Å². The first-order valence-corrected chi connectivity index (χ1v) is 7.80. The Morgan fingerprint density at radius 2 is 1.76 bits per heavy atom. The van der Waals surface area contributed by atoms with E-state index in [1.807, 2.05) is 13.0 Å². The maximum atomic E-state index is 12.2. The van der Waals surface area contributed by atoms with Crippen LogP contribution in [0, 0.1) is 13.8 Å². The zero-order valence-corrected chi connectivity index (χ0v) is 14.1. The number of carbonyl (C=O) groups is 3. The first kappa shape index (κ1) is 18.3. The van der Waals surface area contributed by atoms with E-state index in [0.29, 0.717) is 11.1 Å². The lowest BCUT2D eigenvalue weighted by molar-refractivity contribution is -0.136. The van der Waals surface area contributed by atoms with Crippen LogP contribution >= 0.6 is 0 Å². The van der Waals surface area contributed by atoms with Crippen LogP contribution in [0.25, 0.3) is 0 Å². The van der Waals surface area contributed by atoms with Gasteiger partial charge in [-0.25, -0.2) is 0 Å². The van der Waals surface area contributed by atoms with Crippen molar-refractivity contribution in [3.63, 3.8) is 0 Å². The van der Waals surface area contributed by atoms with Crippen molar-refractivity contribution < 1.29 is 23.9 Å². The summed E-state index contributed by atoms with van der Waals surface area (Å²) in [5.74, 6) is -1.60. The number of furan rings is 1. The lowest BCUT2D eigenvalue weighted by Gasteiger charge is -2.08. The molecule has 1 aromatic heterocycles. The molecule has 132 valence electrons. The Hall–Kier alpha value is -3.09. The molecule has 1 aromatic carbocycles. The zero-order chi connectivity index (χ0) is 18.4.